The quantitative estimate of drug-likeness (QED) is 0.464. The normalized spacial score (nSPS) is 18.0. The van der Waals surface area contributed by atoms with Gasteiger partial charge in [-0.3, -0.25) is 13.9 Å². The molecule has 0 saturated carbocycles. The Kier molecular flexibility index (Phi) is 5.65. The fourth-order valence-corrected chi connectivity index (χ4v) is 5.65. The van der Waals surface area contributed by atoms with Crippen molar-refractivity contribution >= 4 is 33.8 Å². The van der Waals surface area contributed by atoms with Gasteiger partial charge in [0, 0.05) is 25.0 Å². The van der Waals surface area contributed by atoms with Crippen molar-refractivity contribution in [3.63, 3.8) is 0 Å². The van der Waals surface area contributed by atoms with Crippen LogP contribution in [0.2, 0.25) is 5.15 Å². The van der Waals surface area contributed by atoms with E-state index < -0.39 is 23.3 Å². The summed E-state index contributed by atoms with van der Waals surface area (Å²) in [4.78, 5) is 30.9. The molecule has 0 saturated heterocycles. The van der Waals surface area contributed by atoms with Gasteiger partial charge < -0.3 is 14.4 Å². The SMILES string of the molecule is Cn1c(=O)c2c(-c3cccc(C#N)c3)n3c(c2n(C)c1=O)[C@H](c1nc(Cl)cs1)CO[C@@H](CO)C3. The first-order chi connectivity index (χ1) is 16.3. The van der Waals surface area contributed by atoms with Gasteiger partial charge in [0.1, 0.15) is 10.2 Å². The van der Waals surface area contributed by atoms with E-state index in [4.69, 9.17) is 16.3 Å². The smallest absolute Gasteiger partial charge is 0.331 e. The fraction of sp³-hybridized carbons (Fsp3) is 0.304. The highest BCUT2D eigenvalue weighted by Gasteiger charge is 2.35. The van der Waals surface area contributed by atoms with Crippen molar-refractivity contribution in [2.24, 2.45) is 14.1 Å². The first-order valence-corrected chi connectivity index (χ1v) is 11.8. The van der Waals surface area contributed by atoms with Crippen LogP contribution in [0.25, 0.3) is 22.2 Å². The average Bonchev–Trinajstić information content (AvgIpc) is 3.36. The lowest BCUT2D eigenvalue weighted by molar-refractivity contribution is 0.00850. The minimum Gasteiger partial charge on any atom is -0.394 e. The first kappa shape index (κ1) is 22.6. The Morgan fingerprint density at radius 2 is 2.12 bits per heavy atom. The van der Waals surface area contributed by atoms with Crippen LogP contribution < -0.4 is 11.2 Å². The maximum Gasteiger partial charge on any atom is 0.331 e. The predicted molar refractivity (Wildman–Crippen MR) is 128 cm³/mol. The van der Waals surface area contributed by atoms with Crippen LogP contribution in [0.4, 0.5) is 0 Å². The Morgan fingerprint density at radius 3 is 2.79 bits per heavy atom. The van der Waals surface area contributed by atoms with E-state index in [-0.39, 0.29) is 19.8 Å². The summed E-state index contributed by atoms with van der Waals surface area (Å²) in [5.74, 6) is -0.429. The maximum absolute atomic E-state index is 13.5. The molecule has 5 rings (SSSR count). The van der Waals surface area contributed by atoms with E-state index in [1.807, 2.05) is 10.6 Å². The molecule has 1 N–H and O–H groups in total. The van der Waals surface area contributed by atoms with Crippen molar-refractivity contribution in [2.45, 2.75) is 18.6 Å². The van der Waals surface area contributed by atoms with Crippen LogP contribution in [0.1, 0.15) is 22.2 Å². The third kappa shape index (κ3) is 3.40. The number of aliphatic hydroxyl groups excluding tert-OH is 1. The highest BCUT2D eigenvalue weighted by molar-refractivity contribution is 7.10. The van der Waals surface area contributed by atoms with Crippen LogP contribution in [0.15, 0.2) is 39.2 Å². The third-order valence-electron chi connectivity index (χ3n) is 6.18. The minimum absolute atomic E-state index is 0.190. The molecule has 2 atom stereocenters. The minimum atomic E-state index is -0.542. The van der Waals surface area contributed by atoms with Crippen LogP contribution in [0.3, 0.4) is 0 Å². The van der Waals surface area contributed by atoms with Crippen LogP contribution >= 0.6 is 22.9 Å². The summed E-state index contributed by atoms with van der Waals surface area (Å²) in [5, 5.41) is 22.6. The molecule has 1 aliphatic rings. The van der Waals surface area contributed by atoms with Crippen LogP contribution in [-0.4, -0.2) is 43.1 Å². The molecule has 34 heavy (non-hydrogen) atoms. The summed E-state index contributed by atoms with van der Waals surface area (Å²) in [5.41, 5.74) is 1.93. The van der Waals surface area contributed by atoms with Crippen molar-refractivity contribution < 1.29 is 9.84 Å². The summed E-state index contributed by atoms with van der Waals surface area (Å²) in [6, 6.07) is 9.11. The van der Waals surface area contributed by atoms with Crippen molar-refractivity contribution in [1.82, 2.24) is 18.7 Å². The van der Waals surface area contributed by atoms with Gasteiger partial charge >= 0.3 is 5.69 Å². The molecule has 0 spiro atoms. The lowest BCUT2D eigenvalue weighted by Gasteiger charge is -2.16. The van der Waals surface area contributed by atoms with Gasteiger partial charge in [-0.1, -0.05) is 23.7 Å². The van der Waals surface area contributed by atoms with E-state index in [1.54, 1.807) is 30.6 Å². The highest BCUT2D eigenvalue weighted by Crippen LogP contribution is 2.41. The second-order valence-corrected chi connectivity index (χ2v) is 9.44. The predicted octanol–water partition coefficient (Wildman–Crippen LogP) is 2.21. The highest BCUT2D eigenvalue weighted by atomic mass is 35.5. The van der Waals surface area contributed by atoms with E-state index in [2.05, 4.69) is 11.1 Å². The van der Waals surface area contributed by atoms with Crippen molar-refractivity contribution in [3.05, 3.63) is 71.9 Å². The molecule has 0 bridgehead atoms. The number of nitrogens with zero attached hydrogens (tertiary/aromatic N) is 5. The molecule has 3 aromatic heterocycles. The van der Waals surface area contributed by atoms with Gasteiger partial charge in [-0.2, -0.15) is 5.26 Å². The number of thiazole rings is 1. The number of aliphatic hydroxyl groups is 1. The van der Waals surface area contributed by atoms with Crippen LogP contribution in [0, 0.1) is 11.3 Å². The molecule has 174 valence electrons. The second kappa shape index (κ2) is 8.52. The fourth-order valence-electron chi connectivity index (χ4n) is 4.61. The van der Waals surface area contributed by atoms with E-state index >= 15 is 0 Å². The topological polar surface area (TPSA) is 115 Å². The molecule has 4 heterocycles. The molecular formula is C23H20ClN5O4S. The second-order valence-electron chi connectivity index (χ2n) is 8.17. The molecule has 0 aliphatic carbocycles. The van der Waals surface area contributed by atoms with E-state index in [0.717, 1.165) is 4.57 Å². The number of aromatic nitrogens is 4. The molecule has 4 aromatic rings. The monoisotopic (exact) mass is 497 g/mol. The zero-order valence-electron chi connectivity index (χ0n) is 18.4. The molecule has 0 unspecified atom stereocenters. The van der Waals surface area contributed by atoms with Gasteiger partial charge in [0.15, 0.2) is 0 Å². The van der Waals surface area contributed by atoms with E-state index in [0.29, 0.717) is 43.6 Å². The summed E-state index contributed by atoms with van der Waals surface area (Å²) in [7, 11) is 3.07. The molecule has 9 nitrogen and oxygen atoms in total. The lowest BCUT2D eigenvalue weighted by Crippen LogP contribution is -2.37. The van der Waals surface area contributed by atoms with Crippen LogP contribution in [-0.2, 0) is 25.4 Å². The molecule has 0 fully saturated rings. The zero-order valence-corrected chi connectivity index (χ0v) is 19.9. The largest absolute Gasteiger partial charge is 0.394 e. The zero-order chi connectivity index (χ0) is 24.1. The lowest BCUT2D eigenvalue weighted by atomic mass is 10.0. The molecule has 11 heteroatoms. The Balaban J connectivity index is 1.98. The standard InChI is InChI=1S/C23H20ClN5O4S/c1-27-20-17(22(31)28(2)23(27)32)18(13-5-3-4-12(6-13)7-25)29-8-14(9-30)33-10-15(19(20)29)21-26-16(24)11-34-21/h3-6,11,14-15,30H,8-10H2,1-2H3/t14-,15-/m1/s1. The van der Waals surface area contributed by atoms with E-state index in [1.165, 1.54) is 23.0 Å². The number of rotatable bonds is 3. The molecule has 1 aliphatic heterocycles. The number of hydrogen-bond acceptors (Lipinski definition) is 7. The molecule has 1 aromatic carbocycles. The van der Waals surface area contributed by atoms with Gasteiger partial charge in [-0.25, -0.2) is 9.78 Å². The summed E-state index contributed by atoms with van der Waals surface area (Å²) in [6.07, 6.45) is -0.542. The number of hydrogen-bond donors (Lipinski definition) is 1. The van der Waals surface area contributed by atoms with Crippen molar-refractivity contribution in [1.29, 1.82) is 5.26 Å². The van der Waals surface area contributed by atoms with Crippen molar-refractivity contribution in [3.8, 4) is 17.3 Å². The number of halogens is 1. The number of fused-ring (bicyclic) bond motifs is 3. The molecular weight excluding hydrogens is 478 g/mol. The van der Waals surface area contributed by atoms with Gasteiger partial charge in [-0.15, -0.1) is 11.3 Å². The number of benzene rings is 1. The third-order valence-corrected chi connectivity index (χ3v) is 7.46. The maximum atomic E-state index is 13.5. The summed E-state index contributed by atoms with van der Waals surface area (Å²) < 4.78 is 10.5. The summed E-state index contributed by atoms with van der Waals surface area (Å²) >= 11 is 7.49. The van der Waals surface area contributed by atoms with Gasteiger partial charge in [-0.05, 0) is 12.1 Å². The molecule has 0 amide bonds. The Morgan fingerprint density at radius 1 is 1.32 bits per heavy atom. The number of ether oxygens (including phenoxy) is 1. The summed E-state index contributed by atoms with van der Waals surface area (Å²) in [6.45, 7) is 0.211. The Labute approximate surface area is 202 Å². The average molecular weight is 498 g/mol. The van der Waals surface area contributed by atoms with Crippen molar-refractivity contribution in [2.75, 3.05) is 13.2 Å². The Hall–Kier alpha value is -3.23. The van der Waals surface area contributed by atoms with Gasteiger partial charge in [0.25, 0.3) is 5.56 Å². The number of nitriles is 1. The Bertz CT molecular complexity index is 1590. The molecule has 0 radical (unpaired) electrons. The van der Waals surface area contributed by atoms with E-state index in [9.17, 15) is 20.0 Å². The van der Waals surface area contributed by atoms with Crippen LogP contribution in [0.5, 0.6) is 0 Å². The van der Waals surface area contributed by atoms with Gasteiger partial charge in [0.2, 0.25) is 0 Å². The number of aryl methyl sites for hydroxylation is 1. The first-order valence-electron chi connectivity index (χ1n) is 10.5. The van der Waals surface area contributed by atoms with Gasteiger partial charge in [0.05, 0.1) is 65.7 Å².